The van der Waals surface area contributed by atoms with Crippen LogP contribution in [-0.2, 0) is 0 Å². The Bertz CT molecular complexity index is 505. The first-order valence-electron chi connectivity index (χ1n) is 6.63. The molecule has 1 N–H and O–H groups in total. The average molecular weight is 326 g/mol. The molecule has 0 spiro atoms. The molecule has 0 aliphatic carbocycles. The third kappa shape index (κ3) is 3.09. The lowest BCUT2D eigenvalue weighted by molar-refractivity contribution is 0.467. The highest BCUT2D eigenvalue weighted by Gasteiger charge is 2.23. The van der Waals surface area contributed by atoms with Crippen molar-refractivity contribution in [2.24, 2.45) is 0 Å². The Morgan fingerprint density at radius 2 is 2.26 bits per heavy atom. The second-order valence-corrected chi connectivity index (χ2v) is 5.71. The van der Waals surface area contributed by atoms with Crippen molar-refractivity contribution >= 4 is 15.9 Å². The summed E-state index contributed by atoms with van der Waals surface area (Å²) in [5.41, 5.74) is 2.27. The minimum Gasteiger partial charge on any atom is -0.472 e. The van der Waals surface area contributed by atoms with E-state index in [1.807, 2.05) is 16.9 Å². The van der Waals surface area contributed by atoms with Crippen LogP contribution in [0.3, 0.4) is 0 Å². The minimum absolute atomic E-state index is 0.0953. The molecule has 4 nitrogen and oxygen atoms in total. The van der Waals surface area contributed by atoms with Gasteiger partial charge in [0.15, 0.2) is 0 Å². The van der Waals surface area contributed by atoms with Gasteiger partial charge < -0.3 is 9.73 Å². The van der Waals surface area contributed by atoms with Crippen molar-refractivity contribution in [1.29, 1.82) is 0 Å². The summed E-state index contributed by atoms with van der Waals surface area (Å²) < 4.78 is 8.30. The van der Waals surface area contributed by atoms with E-state index in [1.54, 1.807) is 12.5 Å². The number of nitrogens with one attached hydrogen (secondary N) is 1. The van der Waals surface area contributed by atoms with Gasteiger partial charge in [0.05, 0.1) is 34.9 Å². The van der Waals surface area contributed by atoms with Crippen LogP contribution in [-0.4, -0.2) is 16.3 Å². The molecule has 0 radical (unpaired) electrons. The maximum absolute atomic E-state index is 5.23. The van der Waals surface area contributed by atoms with E-state index >= 15 is 0 Å². The Hall–Kier alpha value is -1.07. The smallest absolute Gasteiger partial charge is 0.0954 e. The van der Waals surface area contributed by atoms with Crippen LogP contribution in [0.2, 0.25) is 0 Å². The summed E-state index contributed by atoms with van der Waals surface area (Å²) in [7, 11) is 0. The Balaban J connectivity index is 2.40. The molecule has 2 rings (SSSR count). The molecular formula is C14H20BrN3O. The van der Waals surface area contributed by atoms with E-state index in [-0.39, 0.29) is 6.04 Å². The van der Waals surface area contributed by atoms with Crippen LogP contribution in [0.15, 0.2) is 33.7 Å². The highest BCUT2D eigenvalue weighted by molar-refractivity contribution is 9.10. The van der Waals surface area contributed by atoms with Gasteiger partial charge in [0.2, 0.25) is 0 Å². The van der Waals surface area contributed by atoms with Crippen molar-refractivity contribution in [1.82, 2.24) is 15.1 Å². The molecule has 1 atom stereocenters. The fraction of sp³-hybridized carbons (Fsp3) is 0.500. The van der Waals surface area contributed by atoms with Crippen LogP contribution in [0.5, 0.6) is 0 Å². The predicted molar refractivity (Wildman–Crippen MR) is 79.2 cm³/mol. The normalized spacial score (nSPS) is 13.1. The molecule has 0 aromatic carbocycles. The highest BCUT2D eigenvalue weighted by atomic mass is 79.9. The van der Waals surface area contributed by atoms with Crippen molar-refractivity contribution in [3.8, 4) is 0 Å². The molecular weight excluding hydrogens is 306 g/mol. The lowest BCUT2D eigenvalue weighted by Gasteiger charge is -2.21. The summed E-state index contributed by atoms with van der Waals surface area (Å²) in [6.07, 6.45) is 6.44. The van der Waals surface area contributed by atoms with E-state index in [9.17, 15) is 0 Å². The SMILES string of the molecule is CCCNC(c1ccoc1)c1c(Br)cnn1C(C)C. The number of hydrogen-bond donors (Lipinski definition) is 1. The second kappa shape index (κ2) is 6.39. The van der Waals surface area contributed by atoms with Crippen LogP contribution in [0, 0.1) is 0 Å². The van der Waals surface area contributed by atoms with Crippen LogP contribution >= 0.6 is 15.9 Å². The predicted octanol–water partition coefficient (Wildman–Crippen LogP) is 3.91. The molecule has 2 heterocycles. The highest BCUT2D eigenvalue weighted by Crippen LogP contribution is 2.30. The summed E-state index contributed by atoms with van der Waals surface area (Å²) >= 11 is 3.61. The molecule has 19 heavy (non-hydrogen) atoms. The maximum Gasteiger partial charge on any atom is 0.0954 e. The Morgan fingerprint density at radius 1 is 1.47 bits per heavy atom. The third-order valence-corrected chi connectivity index (χ3v) is 3.64. The molecule has 2 aromatic rings. The summed E-state index contributed by atoms with van der Waals surface area (Å²) in [6, 6.07) is 2.41. The van der Waals surface area contributed by atoms with Crippen LogP contribution in [0.4, 0.5) is 0 Å². The summed E-state index contributed by atoms with van der Waals surface area (Å²) in [6.45, 7) is 7.38. The van der Waals surface area contributed by atoms with Crippen LogP contribution in [0.25, 0.3) is 0 Å². The molecule has 0 bridgehead atoms. The maximum atomic E-state index is 5.23. The van der Waals surface area contributed by atoms with Gasteiger partial charge in [-0.05, 0) is 48.8 Å². The standard InChI is InChI=1S/C14H20BrN3O/c1-4-6-16-13(11-5-7-19-9-11)14-12(15)8-17-18(14)10(2)3/h5,7-10,13,16H,4,6H2,1-3H3. The lowest BCUT2D eigenvalue weighted by Crippen LogP contribution is -2.26. The fourth-order valence-electron chi connectivity index (χ4n) is 2.13. The summed E-state index contributed by atoms with van der Waals surface area (Å²) in [5.74, 6) is 0. The molecule has 0 fully saturated rings. The van der Waals surface area contributed by atoms with Gasteiger partial charge in [0, 0.05) is 11.6 Å². The Morgan fingerprint density at radius 3 is 2.84 bits per heavy atom. The van der Waals surface area contributed by atoms with Crippen molar-refractivity contribution < 1.29 is 4.42 Å². The Labute approximate surface area is 122 Å². The van der Waals surface area contributed by atoms with E-state index < -0.39 is 0 Å². The van der Waals surface area contributed by atoms with Gasteiger partial charge in [-0.3, -0.25) is 4.68 Å². The number of hydrogen-bond acceptors (Lipinski definition) is 3. The topological polar surface area (TPSA) is 43.0 Å². The molecule has 0 saturated heterocycles. The molecule has 0 amide bonds. The largest absolute Gasteiger partial charge is 0.472 e. The van der Waals surface area contributed by atoms with E-state index in [0.29, 0.717) is 6.04 Å². The number of rotatable bonds is 6. The van der Waals surface area contributed by atoms with Crippen LogP contribution < -0.4 is 5.32 Å². The quantitative estimate of drug-likeness (QED) is 0.875. The van der Waals surface area contributed by atoms with E-state index in [4.69, 9.17) is 4.42 Å². The number of aromatic nitrogens is 2. The minimum atomic E-state index is 0.0953. The fourth-order valence-corrected chi connectivity index (χ4v) is 2.63. The third-order valence-electron chi connectivity index (χ3n) is 3.02. The van der Waals surface area contributed by atoms with Crippen molar-refractivity contribution in [3.05, 3.63) is 40.5 Å². The summed E-state index contributed by atoms with van der Waals surface area (Å²) in [4.78, 5) is 0. The zero-order valence-corrected chi connectivity index (χ0v) is 13.1. The zero-order chi connectivity index (χ0) is 13.8. The van der Waals surface area contributed by atoms with E-state index in [1.165, 1.54) is 0 Å². The molecule has 1 unspecified atom stereocenters. The second-order valence-electron chi connectivity index (χ2n) is 4.86. The zero-order valence-electron chi connectivity index (χ0n) is 11.6. The lowest BCUT2D eigenvalue weighted by atomic mass is 10.1. The van der Waals surface area contributed by atoms with Gasteiger partial charge in [-0.1, -0.05) is 6.92 Å². The first kappa shape index (κ1) is 14.3. The molecule has 0 aliphatic heterocycles. The molecule has 0 saturated carbocycles. The van der Waals surface area contributed by atoms with Gasteiger partial charge >= 0.3 is 0 Å². The number of halogens is 1. The van der Waals surface area contributed by atoms with Gasteiger partial charge in [-0.15, -0.1) is 0 Å². The van der Waals surface area contributed by atoms with Gasteiger partial charge in [0.1, 0.15) is 0 Å². The Kier molecular flexibility index (Phi) is 4.82. The van der Waals surface area contributed by atoms with Crippen molar-refractivity contribution in [2.45, 2.75) is 39.3 Å². The molecule has 0 aliphatic rings. The molecule has 2 aromatic heterocycles. The molecule has 104 valence electrons. The van der Waals surface area contributed by atoms with Crippen LogP contribution in [0.1, 0.15) is 50.5 Å². The van der Waals surface area contributed by atoms with Gasteiger partial charge in [-0.2, -0.15) is 5.10 Å². The van der Waals surface area contributed by atoms with Crippen molar-refractivity contribution in [3.63, 3.8) is 0 Å². The number of nitrogens with zero attached hydrogens (tertiary/aromatic N) is 2. The molecule has 5 heteroatoms. The first-order valence-corrected chi connectivity index (χ1v) is 7.42. The first-order chi connectivity index (χ1) is 9.15. The average Bonchev–Trinajstić information content (AvgIpc) is 3.01. The van der Waals surface area contributed by atoms with Gasteiger partial charge in [-0.25, -0.2) is 0 Å². The van der Waals surface area contributed by atoms with E-state index in [0.717, 1.165) is 28.7 Å². The van der Waals surface area contributed by atoms with Gasteiger partial charge in [0.25, 0.3) is 0 Å². The van der Waals surface area contributed by atoms with Crippen molar-refractivity contribution in [2.75, 3.05) is 6.54 Å². The summed E-state index contributed by atoms with van der Waals surface area (Å²) in [5, 5.41) is 8.01. The van der Waals surface area contributed by atoms with E-state index in [2.05, 4.69) is 47.1 Å². The monoisotopic (exact) mass is 325 g/mol. The number of furan rings is 1.